The predicted octanol–water partition coefficient (Wildman–Crippen LogP) is -1.26. The van der Waals surface area contributed by atoms with Crippen molar-refractivity contribution in [3.63, 3.8) is 0 Å². The van der Waals surface area contributed by atoms with Crippen molar-refractivity contribution >= 4 is 26.2 Å². The second-order valence-corrected chi connectivity index (χ2v) is 9.08. The van der Waals surface area contributed by atoms with E-state index in [1.54, 1.807) is 60.5 Å². The fraction of sp³-hybridized carbons (Fsp3) is 0.0909. The molecule has 2 N–H and O–H groups in total. The van der Waals surface area contributed by atoms with Crippen LogP contribution in [0.3, 0.4) is 0 Å². The molecule has 2 aliphatic rings. The van der Waals surface area contributed by atoms with Crippen molar-refractivity contribution in [3.8, 4) is 22.7 Å². The number of anilines is 1. The number of para-hydroxylation sites is 1. The third-order valence-electron chi connectivity index (χ3n) is 4.26. The van der Waals surface area contributed by atoms with Crippen molar-refractivity contribution < 1.29 is 69.1 Å². The third-order valence-corrected chi connectivity index (χ3v) is 5.56. The Kier molecular flexibility index (Phi) is 12.4. The van der Waals surface area contributed by atoms with Crippen LogP contribution in [0.1, 0.15) is 0 Å². The molecule has 2 aromatic rings. The maximum Gasteiger partial charge on any atom is 1.00 e. The van der Waals surface area contributed by atoms with Gasteiger partial charge in [0.2, 0.25) is 16.1 Å². The Morgan fingerprint density at radius 1 is 0.861 bits per heavy atom. The molecule has 4 rings (SSSR count). The molecule has 0 bridgehead atoms. The van der Waals surface area contributed by atoms with Gasteiger partial charge in [-0.3, -0.25) is 4.18 Å². The van der Waals surface area contributed by atoms with E-state index in [0.29, 0.717) is 17.1 Å². The molecule has 0 fully saturated rings. The quantitative estimate of drug-likeness (QED) is 0.142. The summed E-state index contributed by atoms with van der Waals surface area (Å²) in [7, 11) is -6.38. The minimum atomic E-state index is -4.41. The molecule has 0 amide bonds. The number of benzene rings is 1. The second-order valence-electron chi connectivity index (χ2n) is 6.58. The number of ether oxygens (including phenoxy) is 1. The molecule has 0 saturated carbocycles. The molecular weight excluding hydrogens is 521 g/mol. The molecule has 0 unspecified atom stereocenters. The van der Waals surface area contributed by atoms with Crippen LogP contribution in [0, 0.1) is 0 Å². The summed E-state index contributed by atoms with van der Waals surface area (Å²) in [6, 6.07) is 23.1. The van der Waals surface area contributed by atoms with Crippen molar-refractivity contribution in [1.82, 2.24) is 5.10 Å². The van der Waals surface area contributed by atoms with Gasteiger partial charge >= 0.3 is 35.4 Å². The van der Waals surface area contributed by atoms with E-state index in [-0.39, 0.29) is 34.5 Å². The molecule has 0 saturated heterocycles. The van der Waals surface area contributed by atoms with Gasteiger partial charge in [-0.2, -0.15) is 0 Å². The predicted molar refractivity (Wildman–Crippen MR) is 124 cm³/mol. The molecule has 1 aromatic heterocycles. The Morgan fingerprint density at radius 2 is 1.42 bits per heavy atom. The number of nitrogens with zero attached hydrogens (tertiary/aromatic N) is 2. The van der Waals surface area contributed by atoms with Gasteiger partial charge in [0.05, 0.1) is 30.9 Å². The van der Waals surface area contributed by atoms with Crippen LogP contribution in [0.15, 0.2) is 90.0 Å². The Hall–Kier alpha value is -2.62. The summed E-state index contributed by atoms with van der Waals surface area (Å²) in [5, 5.41) is 4.19. The van der Waals surface area contributed by atoms with Gasteiger partial charge in [0.1, 0.15) is 16.3 Å². The third kappa shape index (κ3) is 9.79. The molecule has 1 heterocycles. The zero-order chi connectivity index (χ0) is 26.1. The molecular formula is C22H22N3NaO8S2. The fourth-order valence-corrected chi connectivity index (χ4v) is 3.42. The van der Waals surface area contributed by atoms with Crippen LogP contribution in [0.5, 0.6) is 5.88 Å². The monoisotopic (exact) mass is 543 g/mol. The van der Waals surface area contributed by atoms with E-state index in [1.165, 1.54) is 6.07 Å². The first-order chi connectivity index (χ1) is 16.5. The van der Waals surface area contributed by atoms with E-state index in [0.717, 1.165) is 18.4 Å². The van der Waals surface area contributed by atoms with Gasteiger partial charge in [0.15, 0.2) is 0 Å². The topological polar surface area (TPSA) is 176 Å². The van der Waals surface area contributed by atoms with E-state index in [9.17, 15) is 25.9 Å². The van der Waals surface area contributed by atoms with Crippen LogP contribution in [0.25, 0.3) is 16.8 Å². The molecule has 0 radical (unpaired) electrons. The van der Waals surface area contributed by atoms with Crippen LogP contribution in [0.2, 0.25) is 0 Å². The first-order valence-corrected chi connectivity index (χ1v) is 12.4. The first kappa shape index (κ1) is 31.4. The molecule has 14 heteroatoms. The Morgan fingerprint density at radius 3 is 1.94 bits per heavy atom. The fourth-order valence-electron chi connectivity index (χ4n) is 2.73. The van der Waals surface area contributed by atoms with Gasteiger partial charge in [-0.25, -0.2) is 16.8 Å². The maximum atomic E-state index is 10.9. The Bertz CT molecular complexity index is 1440. The molecule has 186 valence electrons. The zero-order valence-corrected chi connectivity index (χ0v) is 23.3. The molecule has 11 nitrogen and oxygen atoms in total. The van der Waals surface area contributed by atoms with E-state index in [2.05, 4.69) is 9.28 Å². The van der Waals surface area contributed by atoms with Crippen molar-refractivity contribution in [3.05, 3.63) is 85.1 Å². The number of hydrogen-bond donors (Lipinski definition) is 1. The van der Waals surface area contributed by atoms with Crippen molar-refractivity contribution in [2.45, 2.75) is 4.90 Å². The molecule has 1 aromatic carbocycles. The van der Waals surface area contributed by atoms with Gasteiger partial charge in [0.25, 0.3) is 0 Å². The van der Waals surface area contributed by atoms with Crippen molar-refractivity contribution in [1.29, 1.82) is 0 Å². The summed E-state index contributed by atoms with van der Waals surface area (Å²) in [6.07, 6.45) is 1.59. The number of fused-ring (bicyclic) bond motifs is 1. The molecule has 0 spiro atoms. The minimum Gasteiger partial charge on any atom is -0.744 e. The van der Waals surface area contributed by atoms with E-state index in [1.807, 2.05) is 30.3 Å². The average molecular weight is 544 g/mol. The minimum absolute atomic E-state index is 0. The van der Waals surface area contributed by atoms with Crippen LogP contribution >= 0.6 is 0 Å². The molecule has 0 aliphatic heterocycles. The van der Waals surface area contributed by atoms with E-state index < -0.39 is 20.5 Å². The van der Waals surface area contributed by atoms with Crippen LogP contribution < -0.4 is 44.7 Å². The number of methoxy groups -OCH3 is 1. The average Bonchev–Trinajstić information content (AvgIpc) is 3.10. The molecule has 2 aliphatic carbocycles. The van der Waals surface area contributed by atoms with Gasteiger partial charge in [-0.1, -0.05) is 54.6 Å². The summed E-state index contributed by atoms with van der Waals surface area (Å²) in [5.74, 6) is 0.612. The number of nitrogens with two attached hydrogens (primary N) is 1. The van der Waals surface area contributed by atoms with Crippen molar-refractivity contribution in [2.75, 3.05) is 20.0 Å². The summed E-state index contributed by atoms with van der Waals surface area (Å²) in [4.78, 5) is -0.149. The number of rotatable bonds is 4. The summed E-state index contributed by atoms with van der Waals surface area (Å²) < 4.78 is 70.5. The SMILES string of the molecule is COS(=O)(=O)[O-].COc1cc(N)cn[n+]1-c1ccccc1.O=S(=O)([O-])c1ccc2cccccc1-2.[Na+]. The van der Waals surface area contributed by atoms with Gasteiger partial charge in [-0.05, 0) is 21.9 Å². The van der Waals surface area contributed by atoms with Gasteiger partial charge in [0, 0.05) is 17.2 Å². The smallest absolute Gasteiger partial charge is 0.744 e. The number of hydrogen-bond acceptors (Lipinski definition) is 10. The summed E-state index contributed by atoms with van der Waals surface area (Å²) in [6.45, 7) is 0. The van der Waals surface area contributed by atoms with Crippen LogP contribution in [-0.2, 0) is 24.7 Å². The summed E-state index contributed by atoms with van der Waals surface area (Å²) in [5.41, 5.74) is 8.38. The molecule has 0 atom stereocenters. The zero-order valence-electron chi connectivity index (χ0n) is 19.6. The standard InChI is InChI=1S/C11H11N3O.C10H8O3S.CH4O4S.Na/c1-15-11-7-9(12)8-13-14(11)10-5-3-2-4-6-10;11-14(12,13)10-7-6-8-4-2-1-3-5-9(8)10;1-5-6(2,3)4;/h2-8,12H,1H3;1-7H,(H,11,12,13);1H3,(H,2,3,4);/q;;;+1/p-1. The number of nitrogen functional groups attached to an aromatic ring is 1. The Labute approximate surface area is 231 Å². The largest absolute Gasteiger partial charge is 1.00 e. The van der Waals surface area contributed by atoms with Gasteiger partial charge < -0.3 is 19.6 Å². The van der Waals surface area contributed by atoms with E-state index >= 15 is 0 Å². The van der Waals surface area contributed by atoms with Gasteiger partial charge in [-0.15, -0.1) is 0 Å². The first-order valence-electron chi connectivity index (χ1n) is 9.68. The van der Waals surface area contributed by atoms with Crippen molar-refractivity contribution in [2.24, 2.45) is 0 Å². The summed E-state index contributed by atoms with van der Waals surface area (Å²) >= 11 is 0. The normalized spacial score (nSPS) is 10.7. The maximum absolute atomic E-state index is 10.9. The van der Waals surface area contributed by atoms with Crippen LogP contribution in [-0.4, -0.2) is 45.3 Å². The number of aromatic nitrogens is 2. The van der Waals surface area contributed by atoms with Crippen LogP contribution in [0.4, 0.5) is 5.69 Å². The second kappa shape index (κ2) is 14.2. The Balaban J connectivity index is 0.000000290. The molecule has 36 heavy (non-hydrogen) atoms. The van der Waals surface area contributed by atoms with E-state index in [4.69, 9.17) is 10.5 Å².